The second-order valence-corrected chi connectivity index (χ2v) is 15.1. The van der Waals surface area contributed by atoms with Crippen molar-refractivity contribution in [3.05, 3.63) is 126 Å². The normalized spacial score (nSPS) is 11.6. The Kier molecular flexibility index (Phi) is 11.1. The maximum Gasteiger partial charge on any atom is 0.221 e. The molecule has 12 nitrogen and oxygen atoms in total. The summed E-state index contributed by atoms with van der Waals surface area (Å²) in [7, 11) is 9.82. The zero-order chi connectivity index (χ0) is 44.5. The molecule has 3 aromatic heterocycles. The number of fused-ring (bicyclic) bond motifs is 8. The van der Waals surface area contributed by atoms with E-state index in [0.29, 0.717) is 63.0 Å². The van der Waals surface area contributed by atoms with E-state index in [1.54, 1.807) is 42.7 Å². The Bertz CT molecular complexity index is 2980. The number of benzene rings is 4. The fourth-order valence-corrected chi connectivity index (χ4v) is 8.20. The molecule has 7 aromatic rings. The number of aromatic amines is 2. The van der Waals surface area contributed by atoms with E-state index in [1.807, 2.05) is 103 Å². The van der Waals surface area contributed by atoms with Crippen LogP contribution in [0.15, 0.2) is 103 Å². The standard InChI is InChI=1S/C52H45N5O7/c1-29(58)53-34-10-8-30(9-11-34)49-41-12-14-43(54-41)50(31-20-35(59-2)26-36(21-31)60-3)45-16-18-47(56-45)52(33-24-39(63-6)28-40(25-33)64-7)48-19-17-46(57-48)51(44-15-13-42(49)55-44)32-22-37(61-4)27-38(23-32)62-5/h8-28,56-57H,1-7H3,(H,53,58). The van der Waals surface area contributed by atoms with Crippen LogP contribution < -0.4 is 33.7 Å². The molecule has 8 bridgehead atoms. The molecule has 0 fully saturated rings. The van der Waals surface area contributed by atoms with E-state index >= 15 is 0 Å². The first kappa shape index (κ1) is 41.1. The predicted octanol–water partition coefficient (Wildman–Crippen LogP) is 11.3. The molecular weight excluding hydrogens is 807 g/mol. The molecule has 9 rings (SSSR count). The van der Waals surface area contributed by atoms with Crippen molar-refractivity contribution in [3.8, 4) is 79.0 Å². The van der Waals surface area contributed by atoms with Gasteiger partial charge in [0.1, 0.15) is 34.5 Å². The fraction of sp³-hybridized carbons (Fsp3) is 0.135. The van der Waals surface area contributed by atoms with Crippen LogP contribution in [0.3, 0.4) is 0 Å². The van der Waals surface area contributed by atoms with Crippen molar-refractivity contribution in [3.63, 3.8) is 0 Å². The molecule has 1 amide bonds. The zero-order valence-corrected chi connectivity index (χ0v) is 36.4. The van der Waals surface area contributed by atoms with E-state index in [9.17, 15) is 4.79 Å². The average Bonchev–Trinajstić information content (AvgIpc) is 4.17. The Morgan fingerprint density at radius 3 is 1.05 bits per heavy atom. The lowest BCUT2D eigenvalue weighted by Crippen LogP contribution is -2.05. The topological polar surface area (TPSA) is 142 Å². The molecule has 4 aromatic carbocycles. The van der Waals surface area contributed by atoms with Crippen molar-refractivity contribution in [1.29, 1.82) is 0 Å². The van der Waals surface area contributed by atoms with E-state index in [1.165, 1.54) is 6.92 Å². The number of hydrogen-bond acceptors (Lipinski definition) is 9. The molecule has 3 N–H and O–H groups in total. The summed E-state index contributed by atoms with van der Waals surface area (Å²) in [6.45, 7) is 1.49. The van der Waals surface area contributed by atoms with Gasteiger partial charge in [0.05, 0.1) is 65.4 Å². The van der Waals surface area contributed by atoms with Crippen molar-refractivity contribution in [2.24, 2.45) is 0 Å². The molecule has 0 saturated heterocycles. The summed E-state index contributed by atoms with van der Waals surface area (Å²) in [6.07, 6.45) is 8.04. The number of H-pyrrole nitrogens is 2. The molecule has 0 unspecified atom stereocenters. The van der Waals surface area contributed by atoms with Gasteiger partial charge in [-0.1, -0.05) is 12.1 Å². The Hall–Kier alpha value is -8.25. The molecule has 320 valence electrons. The van der Waals surface area contributed by atoms with Crippen LogP contribution in [0.5, 0.6) is 34.5 Å². The molecular formula is C52H45N5O7. The molecule has 12 heteroatoms. The summed E-state index contributed by atoms with van der Waals surface area (Å²) < 4.78 is 34.6. The Morgan fingerprint density at radius 2 is 0.719 bits per heavy atom. The molecule has 2 aliphatic rings. The van der Waals surface area contributed by atoms with Crippen LogP contribution in [0, 0.1) is 0 Å². The minimum atomic E-state index is -0.155. The van der Waals surface area contributed by atoms with Gasteiger partial charge in [-0.15, -0.1) is 0 Å². The number of hydrogen-bond donors (Lipinski definition) is 3. The Labute approximate surface area is 369 Å². The first-order chi connectivity index (χ1) is 31.2. The van der Waals surface area contributed by atoms with Gasteiger partial charge in [0.25, 0.3) is 0 Å². The van der Waals surface area contributed by atoms with Crippen molar-refractivity contribution >= 4 is 58.0 Å². The number of methoxy groups -OCH3 is 6. The van der Waals surface area contributed by atoms with Crippen LogP contribution in [-0.2, 0) is 4.79 Å². The lowest BCUT2D eigenvalue weighted by Gasteiger charge is -2.11. The van der Waals surface area contributed by atoms with Gasteiger partial charge in [0, 0.05) is 75.1 Å². The average molecular weight is 852 g/mol. The second kappa shape index (κ2) is 17.3. The summed E-state index contributed by atoms with van der Waals surface area (Å²) >= 11 is 0. The SMILES string of the molecule is COc1cc(OC)cc(-c2c3nc(c(-c4ccc(NC(C)=O)cc4)c4nc(c(-c5cc(OC)cc(OC)c5)c5ccc([nH]5)c(-c5cc(OC)cc(OC)c5)c5ccc2[nH]5)C=C4)C=C3)c1. The van der Waals surface area contributed by atoms with Gasteiger partial charge < -0.3 is 43.7 Å². The molecule has 0 atom stereocenters. The quantitative estimate of drug-likeness (QED) is 0.116. The van der Waals surface area contributed by atoms with Gasteiger partial charge in [0.15, 0.2) is 0 Å². The number of aromatic nitrogens is 4. The summed E-state index contributed by atoms with van der Waals surface area (Å²) in [6, 6.07) is 33.3. The summed E-state index contributed by atoms with van der Waals surface area (Å²) in [5.74, 6) is 3.63. The summed E-state index contributed by atoms with van der Waals surface area (Å²) in [5, 5.41) is 2.88. The fourth-order valence-electron chi connectivity index (χ4n) is 8.20. The van der Waals surface area contributed by atoms with Crippen molar-refractivity contribution in [2.45, 2.75) is 6.92 Å². The largest absolute Gasteiger partial charge is 0.497 e. The van der Waals surface area contributed by atoms with Gasteiger partial charge >= 0.3 is 0 Å². The number of carbonyl (C=O) groups excluding carboxylic acids is 1. The molecule has 0 saturated carbocycles. The highest BCUT2D eigenvalue weighted by molar-refractivity contribution is 6.01. The van der Waals surface area contributed by atoms with Crippen molar-refractivity contribution < 1.29 is 33.2 Å². The van der Waals surface area contributed by atoms with E-state index < -0.39 is 0 Å². The number of carbonyl (C=O) groups is 1. The van der Waals surface area contributed by atoms with Crippen LogP contribution in [0.1, 0.15) is 29.7 Å². The number of rotatable bonds is 11. The van der Waals surface area contributed by atoms with E-state index in [0.717, 1.165) is 66.6 Å². The third-order valence-electron chi connectivity index (χ3n) is 11.2. The van der Waals surface area contributed by atoms with Crippen LogP contribution in [-0.4, -0.2) is 68.5 Å². The minimum Gasteiger partial charge on any atom is -0.497 e. The summed E-state index contributed by atoms with van der Waals surface area (Å²) in [5.41, 5.74) is 13.3. The van der Waals surface area contributed by atoms with Crippen molar-refractivity contribution in [2.75, 3.05) is 48.0 Å². The lowest BCUT2D eigenvalue weighted by atomic mass is 10.0. The maximum atomic E-state index is 12.0. The van der Waals surface area contributed by atoms with Gasteiger partial charge in [-0.25, -0.2) is 9.97 Å². The third kappa shape index (κ3) is 7.88. The highest BCUT2D eigenvalue weighted by Gasteiger charge is 2.21. The monoisotopic (exact) mass is 851 g/mol. The number of amides is 1. The predicted molar refractivity (Wildman–Crippen MR) is 254 cm³/mol. The lowest BCUT2D eigenvalue weighted by molar-refractivity contribution is -0.114. The van der Waals surface area contributed by atoms with E-state index in [-0.39, 0.29) is 5.91 Å². The van der Waals surface area contributed by atoms with Gasteiger partial charge in [0.2, 0.25) is 5.91 Å². The number of anilines is 1. The van der Waals surface area contributed by atoms with Gasteiger partial charge in [-0.05, 0) is 119 Å². The molecule has 64 heavy (non-hydrogen) atoms. The van der Waals surface area contributed by atoms with Crippen LogP contribution in [0.25, 0.3) is 90.9 Å². The first-order valence-electron chi connectivity index (χ1n) is 20.4. The Morgan fingerprint density at radius 1 is 0.406 bits per heavy atom. The molecule has 0 spiro atoms. The minimum absolute atomic E-state index is 0.155. The smallest absolute Gasteiger partial charge is 0.221 e. The van der Waals surface area contributed by atoms with Gasteiger partial charge in [-0.3, -0.25) is 4.79 Å². The molecule has 0 radical (unpaired) electrons. The van der Waals surface area contributed by atoms with E-state index in [2.05, 4.69) is 39.6 Å². The molecule has 2 aliphatic heterocycles. The Balaban J connectivity index is 1.47. The number of nitrogens with one attached hydrogen (secondary N) is 3. The van der Waals surface area contributed by atoms with Crippen molar-refractivity contribution in [1.82, 2.24) is 19.9 Å². The van der Waals surface area contributed by atoms with Crippen LogP contribution >= 0.6 is 0 Å². The van der Waals surface area contributed by atoms with E-state index in [4.69, 9.17) is 38.4 Å². The van der Waals surface area contributed by atoms with Gasteiger partial charge in [-0.2, -0.15) is 0 Å². The molecule has 5 heterocycles. The highest BCUT2D eigenvalue weighted by atomic mass is 16.5. The molecule has 0 aliphatic carbocycles. The van der Waals surface area contributed by atoms with Crippen LogP contribution in [0.4, 0.5) is 5.69 Å². The zero-order valence-electron chi connectivity index (χ0n) is 36.4. The third-order valence-corrected chi connectivity index (χ3v) is 11.2. The number of nitrogens with zero attached hydrogens (tertiary/aromatic N) is 2. The number of ether oxygens (including phenoxy) is 6. The highest BCUT2D eigenvalue weighted by Crippen LogP contribution is 2.42. The maximum absolute atomic E-state index is 12.0. The first-order valence-corrected chi connectivity index (χ1v) is 20.4. The second-order valence-electron chi connectivity index (χ2n) is 15.1. The van der Waals surface area contributed by atoms with Crippen LogP contribution in [0.2, 0.25) is 0 Å². The summed E-state index contributed by atoms with van der Waals surface area (Å²) in [4.78, 5) is 30.3.